The number of aliphatic carboxylic acids is 2. The van der Waals surface area contributed by atoms with Gasteiger partial charge in [-0.2, -0.15) is 8.42 Å². The molecule has 0 heterocycles. The summed E-state index contributed by atoms with van der Waals surface area (Å²) in [6, 6.07) is 0. The molecule has 0 atom stereocenters. The van der Waals surface area contributed by atoms with Gasteiger partial charge in [0.1, 0.15) is 0 Å². The van der Waals surface area contributed by atoms with Crippen LogP contribution < -0.4 is 5.32 Å². The van der Waals surface area contributed by atoms with Crippen LogP contribution >= 0.6 is 0 Å². The summed E-state index contributed by atoms with van der Waals surface area (Å²) in [4.78, 5) is 29.3. The number of rotatable bonds is 6. The molecule has 0 aromatic rings. The SMILES string of the molecule is C=CC(=O)NC(C)(C)CS(=O)(=O)O.C=CC(=O)O.C=CC(=O)O.[Na].[Na]. The zero-order valence-corrected chi connectivity index (χ0v) is 19.7. The van der Waals surface area contributed by atoms with Gasteiger partial charge in [0.05, 0.1) is 11.3 Å². The molecule has 0 aliphatic carbocycles. The van der Waals surface area contributed by atoms with Crippen molar-refractivity contribution in [2.75, 3.05) is 5.75 Å². The van der Waals surface area contributed by atoms with Gasteiger partial charge in [-0.1, -0.05) is 19.7 Å². The molecule has 0 bridgehead atoms. The van der Waals surface area contributed by atoms with Crippen LogP contribution in [-0.4, -0.2) is 111 Å². The van der Waals surface area contributed by atoms with E-state index in [2.05, 4.69) is 25.1 Å². The normalized spacial score (nSPS) is 8.92. The second-order valence-electron chi connectivity index (χ2n) is 4.39. The van der Waals surface area contributed by atoms with E-state index in [1.807, 2.05) is 0 Å². The van der Waals surface area contributed by atoms with E-state index in [-0.39, 0.29) is 59.1 Å². The Hall–Kier alpha value is -0.460. The van der Waals surface area contributed by atoms with Crippen molar-refractivity contribution in [3.8, 4) is 0 Å². The molecule has 9 nitrogen and oxygen atoms in total. The fourth-order valence-electron chi connectivity index (χ4n) is 0.877. The quantitative estimate of drug-likeness (QED) is 0.270. The Morgan fingerprint density at radius 1 is 0.960 bits per heavy atom. The second kappa shape index (κ2) is 18.3. The van der Waals surface area contributed by atoms with E-state index < -0.39 is 39.3 Å². The van der Waals surface area contributed by atoms with Crippen LogP contribution in [0.5, 0.6) is 0 Å². The molecule has 0 aliphatic heterocycles. The summed E-state index contributed by atoms with van der Waals surface area (Å²) >= 11 is 0. The molecule has 0 aromatic carbocycles. The van der Waals surface area contributed by atoms with Gasteiger partial charge in [-0.05, 0) is 19.9 Å². The van der Waals surface area contributed by atoms with Crippen LogP contribution in [0.25, 0.3) is 0 Å². The standard InChI is InChI=1S/C7H13NO4S.2C3H4O2.2Na/c1-4-6(9)8-7(2,3)5-13(10,11)12;2*1-2-3(4)5;;/h4H,1,5H2,2-3H3,(H,8,9)(H,10,11,12);2*2H,1H2,(H,4,5);;. The summed E-state index contributed by atoms with van der Waals surface area (Å²) in [5, 5.41) is 17.6. The molecule has 25 heavy (non-hydrogen) atoms. The first kappa shape index (κ1) is 35.6. The molecule has 0 saturated heterocycles. The van der Waals surface area contributed by atoms with Gasteiger partial charge in [-0.25, -0.2) is 9.59 Å². The number of carbonyl (C=O) groups excluding carboxylic acids is 1. The number of hydrogen-bond acceptors (Lipinski definition) is 5. The number of carboxylic acids is 2. The summed E-state index contributed by atoms with van der Waals surface area (Å²) in [5.41, 5.74) is -1.00. The summed E-state index contributed by atoms with van der Waals surface area (Å²) in [6.07, 6.45) is 2.70. The van der Waals surface area contributed by atoms with Gasteiger partial charge in [-0.3, -0.25) is 9.35 Å². The van der Waals surface area contributed by atoms with Gasteiger partial charge in [0.25, 0.3) is 10.1 Å². The minimum atomic E-state index is -4.08. The maximum atomic E-state index is 10.8. The van der Waals surface area contributed by atoms with Crippen LogP contribution in [0.2, 0.25) is 0 Å². The molecule has 12 heteroatoms. The maximum Gasteiger partial charge on any atom is 0.327 e. The molecule has 0 spiro atoms. The molecule has 4 N–H and O–H groups in total. The van der Waals surface area contributed by atoms with E-state index in [0.717, 1.165) is 18.2 Å². The molecular formula is C13H21NNa2O8S. The molecule has 0 aliphatic rings. The third-order valence-electron chi connectivity index (χ3n) is 1.54. The minimum Gasteiger partial charge on any atom is -0.478 e. The van der Waals surface area contributed by atoms with Crippen molar-refractivity contribution in [2.45, 2.75) is 19.4 Å². The first-order chi connectivity index (χ1) is 10.2. The van der Waals surface area contributed by atoms with Crippen molar-refractivity contribution in [3.05, 3.63) is 38.0 Å². The Labute approximate surface area is 191 Å². The first-order valence-electron chi connectivity index (χ1n) is 5.81. The first-order valence-corrected chi connectivity index (χ1v) is 7.42. The molecule has 0 rings (SSSR count). The van der Waals surface area contributed by atoms with Crippen molar-refractivity contribution in [3.63, 3.8) is 0 Å². The molecule has 134 valence electrons. The summed E-state index contributed by atoms with van der Waals surface area (Å²) in [7, 11) is -4.08. The van der Waals surface area contributed by atoms with Crippen molar-refractivity contribution >= 4 is 87.1 Å². The number of amides is 1. The second-order valence-corrected chi connectivity index (χ2v) is 5.84. The van der Waals surface area contributed by atoms with Gasteiger partial charge in [0.2, 0.25) is 5.91 Å². The summed E-state index contributed by atoms with van der Waals surface area (Å²) in [6.45, 7) is 12.1. The number of carbonyl (C=O) groups is 3. The van der Waals surface area contributed by atoms with E-state index in [1.165, 1.54) is 13.8 Å². The van der Waals surface area contributed by atoms with Crippen LogP contribution in [0.15, 0.2) is 38.0 Å². The molecule has 0 fully saturated rings. The van der Waals surface area contributed by atoms with Crippen LogP contribution in [0.3, 0.4) is 0 Å². The van der Waals surface area contributed by atoms with Crippen molar-refractivity contribution in [1.29, 1.82) is 0 Å². The Kier molecular flexibility index (Phi) is 26.1. The molecule has 0 aromatic heterocycles. The summed E-state index contributed by atoms with van der Waals surface area (Å²) in [5.74, 6) is -2.97. The van der Waals surface area contributed by atoms with Gasteiger partial charge < -0.3 is 15.5 Å². The van der Waals surface area contributed by atoms with E-state index in [0.29, 0.717) is 0 Å². The molecular weight excluding hydrogens is 376 g/mol. The molecule has 1 amide bonds. The minimum absolute atomic E-state index is 0. The van der Waals surface area contributed by atoms with Crippen molar-refractivity contribution in [1.82, 2.24) is 5.32 Å². The third-order valence-corrected chi connectivity index (χ3v) is 2.63. The van der Waals surface area contributed by atoms with Crippen LogP contribution in [-0.2, 0) is 24.5 Å². The fourth-order valence-corrected chi connectivity index (χ4v) is 1.86. The largest absolute Gasteiger partial charge is 0.478 e. The number of hydrogen-bond donors (Lipinski definition) is 4. The topological polar surface area (TPSA) is 158 Å². The smallest absolute Gasteiger partial charge is 0.327 e. The number of carboxylic acid groups (broad SMARTS) is 2. The van der Waals surface area contributed by atoms with Crippen molar-refractivity contribution < 1.29 is 37.6 Å². The van der Waals surface area contributed by atoms with Crippen LogP contribution in [0.4, 0.5) is 0 Å². The maximum absolute atomic E-state index is 10.8. The van der Waals surface area contributed by atoms with Gasteiger partial charge >= 0.3 is 11.9 Å². The monoisotopic (exact) mass is 397 g/mol. The average Bonchev–Trinajstić information content (AvgIpc) is 2.36. The molecule has 2 radical (unpaired) electrons. The third kappa shape index (κ3) is 39.9. The Morgan fingerprint density at radius 2 is 1.24 bits per heavy atom. The van der Waals surface area contributed by atoms with E-state index in [4.69, 9.17) is 14.8 Å². The number of nitrogens with one attached hydrogen (secondary N) is 1. The predicted octanol–water partition coefficient (Wildman–Crippen LogP) is -0.293. The Morgan fingerprint density at radius 3 is 1.40 bits per heavy atom. The van der Waals surface area contributed by atoms with Crippen LogP contribution in [0.1, 0.15) is 13.8 Å². The Bertz CT molecular complexity index is 540. The zero-order chi connectivity index (χ0) is 19.3. The van der Waals surface area contributed by atoms with E-state index in [9.17, 15) is 22.8 Å². The van der Waals surface area contributed by atoms with E-state index >= 15 is 0 Å². The van der Waals surface area contributed by atoms with Gasteiger partial charge in [-0.15, -0.1) is 0 Å². The predicted molar refractivity (Wildman–Crippen MR) is 96.0 cm³/mol. The van der Waals surface area contributed by atoms with E-state index in [1.54, 1.807) is 0 Å². The zero-order valence-electron chi connectivity index (χ0n) is 14.9. The summed E-state index contributed by atoms with van der Waals surface area (Å²) < 4.78 is 29.5. The average molecular weight is 397 g/mol. The van der Waals surface area contributed by atoms with Gasteiger partial charge in [0.15, 0.2) is 0 Å². The van der Waals surface area contributed by atoms with Crippen molar-refractivity contribution in [2.24, 2.45) is 0 Å². The van der Waals surface area contributed by atoms with Gasteiger partial charge in [0, 0.05) is 71.3 Å². The molecule has 0 saturated carbocycles. The van der Waals surface area contributed by atoms with Crippen LogP contribution in [0, 0.1) is 0 Å². The fraction of sp³-hybridized carbons (Fsp3) is 0.308. The Balaban J connectivity index is -0.0000000933. The molecule has 0 unspecified atom stereocenters.